The lowest BCUT2D eigenvalue weighted by molar-refractivity contribution is -0.132. The quantitative estimate of drug-likeness (QED) is 0.385. The maximum Gasteiger partial charge on any atom is 0.308 e. The van der Waals surface area contributed by atoms with E-state index in [-0.39, 0.29) is 5.69 Å². The first-order valence-corrected chi connectivity index (χ1v) is 6.56. The molecule has 1 heterocycles. The largest absolute Gasteiger partial charge is 0.493 e. The van der Waals surface area contributed by atoms with Crippen molar-refractivity contribution in [3.8, 4) is 11.5 Å². The van der Waals surface area contributed by atoms with Gasteiger partial charge in [0.15, 0.2) is 11.5 Å². The Balaban J connectivity index is 2.05. The van der Waals surface area contributed by atoms with Gasteiger partial charge in [0.2, 0.25) is 0 Å². The minimum atomic E-state index is -0.474. The SMILES string of the molecule is COc1cc(/C=N\NC(=O)c2cnccn2)ccc1OC(C)=O. The van der Waals surface area contributed by atoms with Crippen LogP contribution in [0.4, 0.5) is 0 Å². The normalized spacial score (nSPS) is 10.3. The van der Waals surface area contributed by atoms with Crippen molar-refractivity contribution in [2.24, 2.45) is 5.10 Å². The molecule has 23 heavy (non-hydrogen) atoms. The molecular formula is C15H14N4O4. The zero-order valence-electron chi connectivity index (χ0n) is 12.5. The Hall–Kier alpha value is -3.29. The molecule has 0 spiro atoms. The van der Waals surface area contributed by atoms with Crippen LogP contribution < -0.4 is 14.9 Å². The Morgan fingerprint density at radius 1 is 1.26 bits per heavy atom. The molecule has 0 fully saturated rings. The van der Waals surface area contributed by atoms with Crippen molar-refractivity contribution in [3.63, 3.8) is 0 Å². The van der Waals surface area contributed by atoms with Gasteiger partial charge in [0, 0.05) is 19.3 Å². The van der Waals surface area contributed by atoms with E-state index >= 15 is 0 Å². The molecule has 1 amide bonds. The third-order valence-corrected chi connectivity index (χ3v) is 2.62. The van der Waals surface area contributed by atoms with E-state index in [1.165, 1.54) is 38.8 Å². The van der Waals surface area contributed by atoms with Crippen molar-refractivity contribution >= 4 is 18.1 Å². The smallest absolute Gasteiger partial charge is 0.308 e. The predicted molar refractivity (Wildman–Crippen MR) is 81.4 cm³/mol. The fourth-order valence-corrected chi connectivity index (χ4v) is 1.64. The Morgan fingerprint density at radius 3 is 2.74 bits per heavy atom. The van der Waals surface area contributed by atoms with Gasteiger partial charge in [-0.05, 0) is 23.8 Å². The first-order valence-electron chi connectivity index (χ1n) is 6.56. The van der Waals surface area contributed by atoms with Crippen LogP contribution in [0.25, 0.3) is 0 Å². The summed E-state index contributed by atoms with van der Waals surface area (Å²) in [6, 6.07) is 4.86. The third-order valence-electron chi connectivity index (χ3n) is 2.62. The molecule has 0 saturated carbocycles. The highest BCUT2D eigenvalue weighted by molar-refractivity contribution is 5.92. The molecule has 1 aromatic heterocycles. The molecule has 0 unspecified atom stereocenters. The Bertz CT molecular complexity index is 732. The molecule has 118 valence electrons. The number of ether oxygens (including phenoxy) is 2. The molecule has 0 aliphatic rings. The van der Waals surface area contributed by atoms with E-state index < -0.39 is 11.9 Å². The highest BCUT2D eigenvalue weighted by Gasteiger charge is 2.08. The minimum Gasteiger partial charge on any atom is -0.493 e. The fraction of sp³-hybridized carbons (Fsp3) is 0.133. The lowest BCUT2D eigenvalue weighted by Crippen LogP contribution is -2.19. The van der Waals surface area contributed by atoms with Gasteiger partial charge in [-0.15, -0.1) is 0 Å². The van der Waals surface area contributed by atoms with E-state index in [9.17, 15) is 9.59 Å². The van der Waals surface area contributed by atoms with Crippen LogP contribution in [0, 0.1) is 0 Å². The lowest BCUT2D eigenvalue weighted by atomic mass is 10.2. The van der Waals surface area contributed by atoms with E-state index in [1.807, 2.05) is 0 Å². The van der Waals surface area contributed by atoms with Crippen LogP contribution in [-0.4, -0.2) is 35.2 Å². The molecule has 0 saturated heterocycles. The number of hydrogen-bond donors (Lipinski definition) is 1. The number of esters is 1. The summed E-state index contributed by atoms with van der Waals surface area (Å²) in [6.45, 7) is 1.30. The van der Waals surface area contributed by atoms with Crippen molar-refractivity contribution < 1.29 is 19.1 Å². The molecule has 2 aromatic rings. The molecule has 0 bridgehead atoms. The van der Waals surface area contributed by atoms with Gasteiger partial charge in [-0.2, -0.15) is 5.10 Å². The highest BCUT2D eigenvalue weighted by Crippen LogP contribution is 2.27. The third kappa shape index (κ3) is 4.60. The summed E-state index contributed by atoms with van der Waals surface area (Å²) in [6.07, 6.45) is 5.64. The first-order chi connectivity index (χ1) is 11.1. The van der Waals surface area contributed by atoms with Crippen LogP contribution in [0.2, 0.25) is 0 Å². The summed E-state index contributed by atoms with van der Waals surface area (Å²) in [4.78, 5) is 30.4. The second-order valence-corrected chi connectivity index (χ2v) is 4.29. The van der Waals surface area contributed by atoms with E-state index in [2.05, 4.69) is 20.5 Å². The molecule has 1 aromatic carbocycles. The number of carbonyl (C=O) groups excluding carboxylic acids is 2. The molecule has 1 N–H and O–H groups in total. The molecule has 0 aliphatic carbocycles. The molecule has 0 aliphatic heterocycles. The van der Waals surface area contributed by atoms with Gasteiger partial charge in [-0.25, -0.2) is 10.4 Å². The summed E-state index contributed by atoms with van der Waals surface area (Å²) >= 11 is 0. The van der Waals surface area contributed by atoms with Crippen LogP contribution in [0.3, 0.4) is 0 Å². The number of aromatic nitrogens is 2. The number of amides is 1. The molecule has 8 nitrogen and oxygen atoms in total. The zero-order chi connectivity index (χ0) is 16.7. The van der Waals surface area contributed by atoms with Crippen LogP contribution >= 0.6 is 0 Å². The zero-order valence-corrected chi connectivity index (χ0v) is 12.5. The lowest BCUT2D eigenvalue weighted by Gasteiger charge is -2.08. The molecule has 8 heteroatoms. The predicted octanol–water partition coefficient (Wildman–Crippen LogP) is 1.17. The van der Waals surface area contributed by atoms with Crippen molar-refractivity contribution in [2.45, 2.75) is 6.92 Å². The number of hydrazone groups is 1. The average molecular weight is 314 g/mol. The first kappa shape index (κ1) is 16.1. The van der Waals surface area contributed by atoms with Crippen molar-refractivity contribution in [1.82, 2.24) is 15.4 Å². The standard InChI is InChI=1S/C15H14N4O4/c1-10(20)23-13-4-3-11(7-14(13)22-2)8-18-19-15(21)12-9-16-5-6-17-12/h3-9H,1-2H3,(H,19,21)/b18-8-. The van der Waals surface area contributed by atoms with E-state index in [4.69, 9.17) is 9.47 Å². The summed E-state index contributed by atoms with van der Waals surface area (Å²) in [5.74, 6) is -0.232. The molecule has 0 radical (unpaired) electrons. The second-order valence-electron chi connectivity index (χ2n) is 4.29. The number of hydrogen-bond acceptors (Lipinski definition) is 7. The van der Waals surface area contributed by atoms with E-state index in [0.29, 0.717) is 17.1 Å². The topological polar surface area (TPSA) is 103 Å². The number of rotatable bonds is 5. The van der Waals surface area contributed by atoms with Gasteiger partial charge >= 0.3 is 5.97 Å². The van der Waals surface area contributed by atoms with Crippen molar-refractivity contribution in [1.29, 1.82) is 0 Å². The minimum absolute atomic E-state index is 0.160. The summed E-state index contributed by atoms with van der Waals surface area (Å²) < 4.78 is 10.1. The maximum absolute atomic E-state index is 11.7. The van der Waals surface area contributed by atoms with Crippen LogP contribution in [0.1, 0.15) is 23.0 Å². The van der Waals surface area contributed by atoms with Crippen molar-refractivity contribution in [3.05, 3.63) is 48.0 Å². The van der Waals surface area contributed by atoms with Gasteiger partial charge < -0.3 is 9.47 Å². The van der Waals surface area contributed by atoms with Crippen LogP contribution in [0.5, 0.6) is 11.5 Å². The number of carbonyl (C=O) groups is 2. The maximum atomic E-state index is 11.7. The van der Waals surface area contributed by atoms with Gasteiger partial charge in [0.25, 0.3) is 5.91 Å². The summed E-state index contributed by atoms with van der Waals surface area (Å²) in [5.41, 5.74) is 3.14. The number of nitrogens with one attached hydrogen (secondary N) is 1. The molecular weight excluding hydrogens is 300 g/mol. The molecule has 2 rings (SSSR count). The van der Waals surface area contributed by atoms with Gasteiger partial charge in [-0.1, -0.05) is 0 Å². The monoisotopic (exact) mass is 314 g/mol. The fourth-order valence-electron chi connectivity index (χ4n) is 1.64. The summed E-state index contributed by atoms with van der Waals surface area (Å²) in [7, 11) is 1.46. The second kappa shape index (κ2) is 7.64. The van der Waals surface area contributed by atoms with Crippen LogP contribution in [-0.2, 0) is 4.79 Å². The van der Waals surface area contributed by atoms with Gasteiger partial charge in [0.05, 0.1) is 19.5 Å². The molecule has 0 atom stereocenters. The summed E-state index contributed by atoms with van der Waals surface area (Å²) in [5, 5.41) is 3.83. The highest BCUT2D eigenvalue weighted by atomic mass is 16.6. The number of nitrogens with zero attached hydrogens (tertiary/aromatic N) is 3. The van der Waals surface area contributed by atoms with E-state index in [0.717, 1.165) is 0 Å². The Morgan fingerprint density at radius 2 is 2.09 bits per heavy atom. The van der Waals surface area contributed by atoms with Gasteiger partial charge in [-0.3, -0.25) is 14.6 Å². The van der Waals surface area contributed by atoms with E-state index in [1.54, 1.807) is 18.2 Å². The van der Waals surface area contributed by atoms with Crippen LogP contribution in [0.15, 0.2) is 41.9 Å². The number of methoxy groups -OCH3 is 1. The Kier molecular flexibility index (Phi) is 5.35. The van der Waals surface area contributed by atoms with Gasteiger partial charge in [0.1, 0.15) is 5.69 Å². The number of benzene rings is 1. The Labute approximate surface area is 132 Å². The average Bonchev–Trinajstić information content (AvgIpc) is 2.56. The van der Waals surface area contributed by atoms with Crippen molar-refractivity contribution in [2.75, 3.05) is 7.11 Å².